The van der Waals surface area contributed by atoms with Crippen LogP contribution in [0.5, 0.6) is 0 Å². The molecule has 1 amide bonds. The summed E-state index contributed by atoms with van der Waals surface area (Å²) in [7, 11) is -3.77. The van der Waals surface area contributed by atoms with Crippen molar-refractivity contribution in [2.45, 2.75) is 41.7 Å². The average Bonchev–Trinajstić information content (AvgIpc) is 3.16. The Hall–Kier alpha value is -2.47. The Labute approximate surface area is 189 Å². The standard InChI is InChI=1S/C20H23N5O3S3/c1-4-14-7-5-6-12(2)17(14)23-19-24-25-20(30-19)29-13(3)18(26)22-15-8-10-16(11-9-15)31(21,27)28/h5-11,13H,4H2,1-3H3,(H,22,26)(H,23,24)(H2,21,27,28). The quantitative estimate of drug-likeness (QED) is 0.420. The molecular formula is C20H23N5O3S3. The number of hydrogen-bond donors (Lipinski definition) is 3. The van der Waals surface area contributed by atoms with E-state index in [1.807, 2.05) is 19.1 Å². The maximum Gasteiger partial charge on any atom is 0.238 e. The summed E-state index contributed by atoms with van der Waals surface area (Å²) < 4.78 is 23.3. The number of primary sulfonamides is 1. The first-order valence-corrected chi connectivity index (χ1v) is 12.7. The zero-order chi connectivity index (χ0) is 22.6. The van der Waals surface area contributed by atoms with E-state index in [1.54, 1.807) is 6.92 Å². The molecule has 0 saturated carbocycles. The third-order valence-electron chi connectivity index (χ3n) is 4.48. The largest absolute Gasteiger partial charge is 0.330 e. The second kappa shape index (κ2) is 9.77. The van der Waals surface area contributed by atoms with Crippen LogP contribution in [0, 0.1) is 6.92 Å². The molecule has 4 N–H and O–H groups in total. The highest BCUT2D eigenvalue weighted by Gasteiger charge is 2.18. The minimum Gasteiger partial charge on any atom is -0.330 e. The molecule has 0 fully saturated rings. The first kappa shape index (κ1) is 23.2. The van der Waals surface area contributed by atoms with Crippen molar-refractivity contribution in [3.8, 4) is 0 Å². The Kier molecular flexibility index (Phi) is 7.31. The first-order valence-electron chi connectivity index (χ1n) is 9.46. The van der Waals surface area contributed by atoms with Gasteiger partial charge in [-0.2, -0.15) is 0 Å². The lowest BCUT2D eigenvalue weighted by Gasteiger charge is -2.11. The van der Waals surface area contributed by atoms with E-state index in [4.69, 9.17) is 5.14 Å². The number of nitrogens with zero attached hydrogens (tertiary/aromatic N) is 2. The number of aryl methyl sites for hydroxylation is 2. The summed E-state index contributed by atoms with van der Waals surface area (Å²) in [5.74, 6) is -0.231. The number of nitrogens with one attached hydrogen (secondary N) is 2. The van der Waals surface area contributed by atoms with E-state index in [9.17, 15) is 13.2 Å². The maximum absolute atomic E-state index is 12.5. The van der Waals surface area contributed by atoms with E-state index in [0.717, 1.165) is 17.7 Å². The minimum atomic E-state index is -3.77. The molecule has 11 heteroatoms. The Morgan fingerprint density at radius 3 is 2.55 bits per heavy atom. The maximum atomic E-state index is 12.5. The van der Waals surface area contributed by atoms with E-state index < -0.39 is 15.3 Å². The number of carbonyl (C=O) groups is 1. The molecule has 0 aliphatic carbocycles. The SMILES string of the molecule is CCc1cccc(C)c1Nc1nnc(SC(C)C(=O)Nc2ccc(S(N)(=O)=O)cc2)s1. The van der Waals surface area contributed by atoms with Crippen LogP contribution in [0.4, 0.5) is 16.5 Å². The number of hydrogen-bond acceptors (Lipinski definition) is 8. The average molecular weight is 478 g/mol. The number of anilines is 3. The van der Waals surface area contributed by atoms with Gasteiger partial charge in [-0.3, -0.25) is 4.79 Å². The number of benzene rings is 2. The summed E-state index contributed by atoms with van der Waals surface area (Å²) in [6, 6.07) is 11.8. The van der Waals surface area contributed by atoms with Gasteiger partial charge in [0.2, 0.25) is 21.1 Å². The molecule has 0 aliphatic rings. The Morgan fingerprint density at radius 2 is 1.90 bits per heavy atom. The number of rotatable bonds is 8. The first-order chi connectivity index (χ1) is 14.7. The van der Waals surface area contributed by atoms with Gasteiger partial charge < -0.3 is 10.6 Å². The van der Waals surface area contributed by atoms with Crippen molar-refractivity contribution in [3.63, 3.8) is 0 Å². The van der Waals surface area contributed by atoms with Gasteiger partial charge in [0.05, 0.1) is 10.1 Å². The Bertz CT molecular complexity index is 1180. The molecule has 3 aromatic rings. The van der Waals surface area contributed by atoms with Crippen molar-refractivity contribution in [1.29, 1.82) is 0 Å². The van der Waals surface area contributed by atoms with Crippen molar-refractivity contribution in [1.82, 2.24) is 10.2 Å². The molecule has 0 spiro atoms. The van der Waals surface area contributed by atoms with Gasteiger partial charge in [0.1, 0.15) is 0 Å². The molecule has 1 unspecified atom stereocenters. The molecule has 2 aromatic carbocycles. The van der Waals surface area contributed by atoms with Gasteiger partial charge in [0, 0.05) is 11.4 Å². The topological polar surface area (TPSA) is 127 Å². The van der Waals surface area contributed by atoms with Gasteiger partial charge in [0.15, 0.2) is 4.34 Å². The van der Waals surface area contributed by atoms with Crippen LogP contribution < -0.4 is 15.8 Å². The van der Waals surface area contributed by atoms with Crippen LogP contribution in [-0.4, -0.2) is 29.8 Å². The predicted octanol–water partition coefficient (Wildman–Crippen LogP) is 3.92. The summed E-state index contributed by atoms with van der Waals surface area (Å²) in [4.78, 5) is 12.5. The van der Waals surface area contributed by atoms with Crippen LogP contribution in [0.1, 0.15) is 25.0 Å². The molecule has 164 valence electrons. The predicted molar refractivity (Wildman–Crippen MR) is 126 cm³/mol. The summed E-state index contributed by atoms with van der Waals surface area (Å²) in [6.07, 6.45) is 0.903. The number of para-hydroxylation sites is 1. The van der Waals surface area contributed by atoms with Crippen molar-refractivity contribution in [3.05, 3.63) is 53.6 Å². The monoisotopic (exact) mass is 477 g/mol. The summed E-state index contributed by atoms with van der Waals surface area (Å²) in [6.45, 7) is 5.91. The number of sulfonamides is 1. The lowest BCUT2D eigenvalue weighted by Crippen LogP contribution is -2.22. The van der Waals surface area contributed by atoms with Crippen LogP contribution in [0.25, 0.3) is 0 Å². The zero-order valence-electron chi connectivity index (χ0n) is 17.2. The van der Waals surface area contributed by atoms with Crippen molar-refractivity contribution < 1.29 is 13.2 Å². The van der Waals surface area contributed by atoms with E-state index in [-0.39, 0.29) is 10.8 Å². The highest BCUT2D eigenvalue weighted by molar-refractivity contribution is 8.02. The molecule has 1 aromatic heterocycles. The Morgan fingerprint density at radius 1 is 1.19 bits per heavy atom. The van der Waals surface area contributed by atoms with Crippen molar-refractivity contribution in [2.75, 3.05) is 10.6 Å². The zero-order valence-corrected chi connectivity index (χ0v) is 19.7. The van der Waals surface area contributed by atoms with Crippen LogP contribution in [0.15, 0.2) is 51.7 Å². The number of amides is 1. The molecule has 1 heterocycles. The third kappa shape index (κ3) is 6.03. The minimum absolute atomic E-state index is 0.0123. The normalized spacial score (nSPS) is 12.4. The molecule has 0 saturated heterocycles. The van der Waals surface area contributed by atoms with Crippen LogP contribution in [-0.2, 0) is 21.2 Å². The van der Waals surface area contributed by atoms with Gasteiger partial charge in [-0.1, -0.05) is 48.2 Å². The number of aromatic nitrogens is 2. The van der Waals surface area contributed by atoms with Gasteiger partial charge in [-0.25, -0.2) is 13.6 Å². The molecular weight excluding hydrogens is 454 g/mol. The fourth-order valence-electron chi connectivity index (χ4n) is 2.79. The summed E-state index contributed by atoms with van der Waals surface area (Å²) in [5.41, 5.74) is 3.85. The molecule has 31 heavy (non-hydrogen) atoms. The van der Waals surface area contributed by atoms with E-state index in [1.165, 1.54) is 52.9 Å². The van der Waals surface area contributed by atoms with Gasteiger partial charge in [-0.05, 0) is 55.7 Å². The molecule has 0 bridgehead atoms. The molecule has 3 rings (SSSR count). The third-order valence-corrected chi connectivity index (χ3v) is 7.43. The van der Waals surface area contributed by atoms with Crippen molar-refractivity contribution >= 4 is 55.5 Å². The van der Waals surface area contributed by atoms with Gasteiger partial charge >= 0.3 is 0 Å². The Balaban J connectivity index is 1.62. The highest BCUT2D eigenvalue weighted by Crippen LogP contribution is 2.32. The number of thioether (sulfide) groups is 1. The molecule has 0 radical (unpaired) electrons. The fraction of sp³-hybridized carbons (Fsp3) is 0.250. The van der Waals surface area contributed by atoms with E-state index in [2.05, 4.69) is 33.8 Å². The van der Waals surface area contributed by atoms with Crippen LogP contribution >= 0.6 is 23.1 Å². The summed E-state index contributed by atoms with van der Waals surface area (Å²) in [5, 5.41) is 19.8. The van der Waals surface area contributed by atoms with Crippen LogP contribution in [0.3, 0.4) is 0 Å². The smallest absolute Gasteiger partial charge is 0.238 e. The molecule has 0 aliphatic heterocycles. The van der Waals surface area contributed by atoms with Gasteiger partial charge in [0.25, 0.3) is 0 Å². The van der Waals surface area contributed by atoms with E-state index >= 15 is 0 Å². The number of nitrogens with two attached hydrogens (primary N) is 1. The fourth-order valence-corrected chi connectivity index (χ4v) is 5.21. The number of carbonyl (C=O) groups excluding carboxylic acids is 1. The molecule has 8 nitrogen and oxygen atoms in total. The van der Waals surface area contributed by atoms with E-state index in [0.29, 0.717) is 15.2 Å². The van der Waals surface area contributed by atoms with Crippen molar-refractivity contribution in [2.24, 2.45) is 5.14 Å². The molecule has 1 atom stereocenters. The van der Waals surface area contributed by atoms with Crippen LogP contribution in [0.2, 0.25) is 0 Å². The second-order valence-electron chi connectivity index (χ2n) is 6.78. The van der Waals surface area contributed by atoms with Gasteiger partial charge in [-0.15, -0.1) is 10.2 Å². The summed E-state index contributed by atoms with van der Waals surface area (Å²) >= 11 is 2.68. The highest BCUT2D eigenvalue weighted by atomic mass is 32.2. The lowest BCUT2D eigenvalue weighted by atomic mass is 10.1. The second-order valence-corrected chi connectivity index (χ2v) is 10.9. The lowest BCUT2D eigenvalue weighted by molar-refractivity contribution is -0.115.